The van der Waals surface area contributed by atoms with Gasteiger partial charge in [0.15, 0.2) is 6.10 Å². The molecule has 174 valence electrons. The minimum atomic E-state index is -1.70. The lowest BCUT2D eigenvalue weighted by Gasteiger charge is -2.35. The zero-order chi connectivity index (χ0) is 22.4. The van der Waals surface area contributed by atoms with E-state index < -0.39 is 11.6 Å². The third-order valence-electron chi connectivity index (χ3n) is 7.20. The molecule has 1 aliphatic heterocycles. The summed E-state index contributed by atoms with van der Waals surface area (Å²) in [7, 11) is 2.18. The molecular weight excluding hydrogens is 406 g/mol. The molecule has 0 radical (unpaired) electrons. The van der Waals surface area contributed by atoms with Crippen LogP contribution < -0.4 is 0 Å². The number of benzene rings is 1. The van der Waals surface area contributed by atoms with E-state index in [-0.39, 0.29) is 12.0 Å². The summed E-state index contributed by atoms with van der Waals surface area (Å²) in [5, 5.41) is 11.5. The van der Waals surface area contributed by atoms with Crippen molar-refractivity contribution in [1.82, 2.24) is 0 Å². The summed E-state index contributed by atoms with van der Waals surface area (Å²) in [4.78, 5) is 13.3. The van der Waals surface area contributed by atoms with E-state index in [9.17, 15) is 9.90 Å². The van der Waals surface area contributed by atoms with Crippen molar-refractivity contribution < 1.29 is 28.3 Å². The van der Waals surface area contributed by atoms with Crippen molar-refractivity contribution in [2.45, 2.75) is 56.8 Å². The summed E-state index contributed by atoms with van der Waals surface area (Å²) in [6, 6.07) is 13.6. The quantitative estimate of drug-likeness (QED) is 0.361. The van der Waals surface area contributed by atoms with Gasteiger partial charge in [-0.1, -0.05) is 49.6 Å². The molecule has 6 heteroatoms. The monoisotopic (exact) mass is 442 g/mol. The third kappa shape index (κ3) is 5.25. The normalized spacial score (nSPS) is 26.0. The van der Waals surface area contributed by atoms with Gasteiger partial charge < -0.3 is 23.5 Å². The van der Waals surface area contributed by atoms with Crippen molar-refractivity contribution in [2.75, 3.05) is 33.3 Å². The van der Waals surface area contributed by atoms with Crippen molar-refractivity contribution in [3.8, 4) is 0 Å². The smallest absolute Gasteiger partial charge is 0.346 e. The Hall–Kier alpha value is -2.15. The van der Waals surface area contributed by atoms with Crippen LogP contribution in [0.3, 0.4) is 0 Å². The van der Waals surface area contributed by atoms with Crippen LogP contribution in [0.1, 0.15) is 49.8 Å². The van der Waals surface area contributed by atoms with Crippen molar-refractivity contribution in [2.24, 2.45) is 5.92 Å². The van der Waals surface area contributed by atoms with Crippen LogP contribution in [0.4, 0.5) is 0 Å². The lowest BCUT2D eigenvalue weighted by atomic mass is 9.75. The molecule has 4 rings (SSSR count). The molecule has 2 aliphatic rings. The summed E-state index contributed by atoms with van der Waals surface area (Å²) >= 11 is 0. The van der Waals surface area contributed by atoms with Crippen molar-refractivity contribution in [3.63, 3.8) is 0 Å². The van der Waals surface area contributed by atoms with Gasteiger partial charge in [-0.05, 0) is 30.5 Å². The minimum Gasteiger partial charge on any atom is -0.466 e. The van der Waals surface area contributed by atoms with E-state index >= 15 is 0 Å². The fourth-order valence-electron chi connectivity index (χ4n) is 5.20. The van der Waals surface area contributed by atoms with Crippen molar-refractivity contribution in [1.29, 1.82) is 0 Å². The second kappa shape index (κ2) is 10.2. The van der Waals surface area contributed by atoms with Gasteiger partial charge in [0, 0.05) is 12.3 Å². The SMILES string of the molecule is C[N+]1(CCOCc2ccccc2)CCC(OC(=O)C(O)(c2ccco2)C2CCCCC2)C1. The highest BCUT2D eigenvalue weighted by Gasteiger charge is 2.51. The van der Waals surface area contributed by atoms with Gasteiger partial charge in [-0.3, -0.25) is 0 Å². The zero-order valence-corrected chi connectivity index (χ0v) is 19.1. The molecule has 6 nitrogen and oxygen atoms in total. The van der Waals surface area contributed by atoms with Crippen molar-refractivity contribution >= 4 is 5.97 Å². The highest BCUT2D eigenvalue weighted by Crippen LogP contribution is 2.41. The molecule has 0 spiro atoms. The lowest BCUT2D eigenvalue weighted by Crippen LogP contribution is -2.48. The third-order valence-corrected chi connectivity index (χ3v) is 7.20. The number of carbonyl (C=O) groups excluding carboxylic acids is 1. The Bertz CT molecular complexity index is 848. The number of nitrogens with zero attached hydrogens (tertiary/aromatic N) is 1. The van der Waals surface area contributed by atoms with Crippen LogP contribution in [-0.2, 0) is 26.5 Å². The average Bonchev–Trinajstić information content (AvgIpc) is 3.48. The highest BCUT2D eigenvalue weighted by molar-refractivity contribution is 5.81. The van der Waals surface area contributed by atoms with Crippen LogP contribution in [-0.4, -0.2) is 55.0 Å². The number of carbonyl (C=O) groups is 1. The number of likely N-dealkylation sites (tertiary alicyclic amines) is 1. The summed E-state index contributed by atoms with van der Waals surface area (Å²) in [6.45, 7) is 3.79. The molecule has 32 heavy (non-hydrogen) atoms. The van der Waals surface area contributed by atoms with Gasteiger partial charge in [0.05, 0.1) is 33.1 Å². The van der Waals surface area contributed by atoms with Crippen LogP contribution >= 0.6 is 0 Å². The van der Waals surface area contributed by atoms with Crippen LogP contribution in [0.2, 0.25) is 0 Å². The standard InChI is InChI=1S/C26H36NO5/c1-27(16-18-30-20-21-9-4-2-5-10-21)15-14-23(19-27)32-25(28)26(29,24-13-8-17-31-24)22-11-6-3-7-12-22/h2,4-5,8-10,13,17,22-23,29H,3,6-7,11-12,14-16,18-20H2,1H3/q+1. The van der Waals surface area contributed by atoms with Gasteiger partial charge >= 0.3 is 5.97 Å². The second-order valence-corrected chi connectivity index (χ2v) is 9.68. The van der Waals surface area contributed by atoms with E-state index in [1.54, 1.807) is 12.1 Å². The number of esters is 1. The number of quaternary nitrogens is 1. The Labute approximate surface area is 190 Å². The van der Waals surface area contributed by atoms with E-state index in [0.717, 1.165) is 62.6 Å². The number of rotatable bonds is 9. The molecule has 2 aromatic rings. The number of hydrogen-bond acceptors (Lipinski definition) is 5. The minimum absolute atomic E-state index is 0.163. The van der Waals surface area contributed by atoms with E-state index in [4.69, 9.17) is 13.9 Å². The van der Waals surface area contributed by atoms with Gasteiger partial charge in [0.25, 0.3) is 0 Å². The summed E-state index contributed by atoms with van der Waals surface area (Å²) in [6.07, 6.45) is 6.89. The first-order valence-corrected chi connectivity index (χ1v) is 11.9. The van der Waals surface area contributed by atoms with E-state index in [1.165, 1.54) is 11.8 Å². The highest BCUT2D eigenvalue weighted by atomic mass is 16.6. The Morgan fingerprint density at radius 1 is 1.12 bits per heavy atom. The fraction of sp³-hybridized carbons (Fsp3) is 0.577. The summed E-state index contributed by atoms with van der Waals surface area (Å²) < 4.78 is 18.1. The van der Waals surface area contributed by atoms with E-state index in [0.29, 0.717) is 19.0 Å². The maximum Gasteiger partial charge on any atom is 0.346 e. The largest absolute Gasteiger partial charge is 0.466 e. The van der Waals surface area contributed by atoms with E-state index in [2.05, 4.69) is 19.2 Å². The maximum absolute atomic E-state index is 13.3. The predicted molar refractivity (Wildman–Crippen MR) is 121 cm³/mol. The molecule has 1 aromatic carbocycles. The molecule has 3 unspecified atom stereocenters. The molecule has 2 heterocycles. The number of likely N-dealkylation sites (N-methyl/N-ethyl adjacent to an activating group) is 1. The molecule has 0 amide bonds. The predicted octanol–water partition coefficient (Wildman–Crippen LogP) is 4.03. The van der Waals surface area contributed by atoms with Crippen LogP contribution in [0, 0.1) is 5.92 Å². The Kier molecular flexibility index (Phi) is 7.33. The Balaban J connectivity index is 1.31. The number of ether oxygens (including phenoxy) is 2. The topological polar surface area (TPSA) is 68.9 Å². The second-order valence-electron chi connectivity index (χ2n) is 9.68. The average molecular weight is 443 g/mol. The molecule has 2 fully saturated rings. The molecule has 3 atom stereocenters. The van der Waals surface area contributed by atoms with Gasteiger partial charge in [0.1, 0.15) is 18.8 Å². The number of hydrogen-bond donors (Lipinski definition) is 1. The molecule has 1 aromatic heterocycles. The zero-order valence-electron chi connectivity index (χ0n) is 19.1. The van der Waals surface area contributed by atoms with Gasteiger partial charge in [-0.15, -0.1) is 0 Å². The van der Waals surface area contributed by atoms with Crippen molar-refractivity contribution in [3.05, 3.63) is 60.1 Å². The van der Waals surface area contributed by atoms with Gasteiger partial charge in [0.2, 0.25) is 5.60 Å². The van der Waals surface area contributed by atoms with Crippen LogP contribution in [0.15, 0.2) is 53.1 Å². The first kappa shape index (κ1) is 23.0. The molecule has 1 saturated carbocycles. The number of aliphatic hydroxyl groups is 1. The van der Waals surface area contributed by atoms with Gasteiger partial charge in [-0.2, -0.15) is 0 Å². The number of furan rings is 1. The van der Waals surface area contributed by atoms with Gasteiger partial charge in [-0.25, -0.2) is 4.79 Å². The summed E-state index contributed by atoms with van der Waals surface area (Å²) in [5.74, 6) is -0.416. The van der Waals surface area contributed by atoms with Crippen LogP contribution in [0.25, 0.3) is 0 Å². The lowest BCUT2D eigenvalue weighted by molar-refractivity contribution is -0.899. The molecule has 0 bridgehead atoms. The fourth-order valence-corrected chi connectivity index (χ4v) is 5.20. The molecule has 1 N–H and O–H groups in total. The summed E-state index contributed by atoms with van der Waals surface area (Å²) in [5.41, 5.74) is -0.530. The first-order chi connectivity index (χ1) is 15.5. The first-order valence-electron chi connectivity index (χ1n) is 11.9. The van der Waals surface area contributed by atoms with Crippen LogP contribution in [0.5, 0.6) is 0 Å². The molecule has 1 aliphatic carbocycles. The Morgan fingerprint density at radius 2 is 1.91 bits per heavy atom. The molecule has 1 saturated heterocycles. The molecular formula is C26H36NO5+. The maximum atomic E-state index is 13.3. The Morgan fingerprint density at radius 3 is 2.62 bits per heavy atom. The van der Waals surface area contributed by atoms with E-state index in [1.807, 2.05) is 18.2 Å².